The fourth-order valence-electron chi connectivity index (χ4n) is 2.00. The van der Waals surface area contributed by atoms with E-state index < -0.39 is 5.97 Å². The summed E-state index contributed by atoms with van der Waals surface area (Å²) in [6, 6.07) is 10.3. The van der Waals surface area contributed by atoms with Gasteiger partial charge in [-0.25, -0.2) is 4.79 Å². The standard InChI is InChI=1S/C16H16ClNO3/c1-10-3-6-15(19)11(7-10)9-18-14-5-4-12(17)8-13(14)16(20)21-2/h3-8,18-19H,9H2,1-2H3. The molecule has 0 heterocycles. The average molecular weight is 306 g/mol. The van der Waals surface area contributed by atoms with Gasteiger partial charge >= 0.3 is 5.97 Å². The van der Waals surface area contributed by atoms with E-state index in [-0.39, 0.29) is 5.75 Å². The molecule has 0 spiro atoms. The van der Waals surface area contributed by atoms with Crippen LogP contribution in [-0.2, 0) is 11.3 Å². The van der Waals surface area contributed by atoms with Crippen LogP contribution in [0.3, 0.4) is 0 Å². The van der Waals surface area contributed by atoms with E-state index in [2.05, 4.69) is 5.32 Å². The zero-order valence-electron chi connectivity index (χ0n) is 11.8. The van der Waals surface area contributed by atoms with Crippen LogP contribution in [0.5, 0.6) is 5.75 Å². The second-order valence-corrected chi connectivity index (χ2v) is 5.10. The van der Waals surface area contributed by atoms with Crippen LogP contribution in [-0.4, -0.2) is 18.2 Å². The molecule has 2 N–H and O–H groups in total. The van der Waals surface area contributed by atoms with Gasteiger partial charge in [0.25, 0.3) is 0 Å². The molecule has 2 rings (SSSR count). The fourth-order valence-corrected chi connectivity index (χ4v) is 2.17. The van der Waals surface area contributed by atoms with Crippen molar-refractivity contribution in [1.82, 2.24) is 0 Å². The van der Waals surface area contributed by atoms with E-state index in [0.29, 0.717) is 22.8 Å². The van der Waals surface area contributed by atoms with E-state index in [1.165, 1.54) is 7.11 Å². The number of phenolic OH excluding ortho intramolecular Hbond substituents is 1. The Balaban J connectivity index is 2.24. The van der Waals surface area contributed by atoms with Gasteiger partial charge in [0, 0.05) is 22.8 Å². The van der Waals surface area contributed by atoms with E-state index in [9.17, 15) is 9.90 Å². The predicted octanol–water partition coefficient (Wildman–Crippen LogP) is 3.75. The molecule has 0 atom stereocenters. The lowest BCUT2D eigenvalue weighted by molar-refractivity contribution is 0.0602. The van der Waals surface area contributed by atoms with Gasteiger partial charge in [-0.3, -0.25) is 0 Å². The summed E-state index contributed by atoms with van der Waals surface area (Å²) in [7, 11) is 1.32. The molecule has 0 amide bonds. The lowest BCUT2D eigenvalue weighted by Gasteiger charge is -2.12. The predicted molar refractivity (Wildman–Crippen MR) is 83.0 cm³/mol. The van der Waals surface area contributed by atoms with E-state index >= 15 is 0 Å². The molecule has 0 aliphatic heterocycles. The van der Waals surface area contributed by atoms with Crippen LogP contribution in [0, 0.1) is 6.92 Å². The second-order valence-electron chi connectivity index (χ2n) is 4.67. The normalized spacial score (nSPS) is 10.2. The summed E-state index contributed by atoms with van der Waals surface area (Å²) in [6.45, 7) is 2.34. The topological polar surface area (TPSA) is 58.6 Å². The van der Waals surface area contributed by atoms with Gasteiger partial charge in [0.05, 0.1) is 12.7 Å². The highest BCUT2D eigenvalue weighted by molar-refractivity contribution is 6.31. The van der Waals surface area contributed by atoms with Crippen LogP contribution in [0.25, 0.3) is 0 Å². The van der Waals surface area contributed by atoms with Crippen LogP contribution < -0.4 is 5.32 Å². The van der Waals surface area contributed by atoms with E-state index in [4.69, 9.17) is 16.3 Å². The molecule has 0 aliphatic carbocycles. The van der Waals surface area contributed by atoms with Gasteiger partial charge in [0.2, 0.25) is 0 Å². The quantitative estimate of drug-likeness (QED) is 0.845. The Hall–Kier alpha value is -2.20. The molecule has 0 bridgehead atoms. The van der Waals surface area contributed by atoms with Crippen molar-refractivity contribution in [3.63, 3.8) is 0 Å². The summed E-state index contributed by atoms with van der Waals surface area (Å²) in [5.41, 5.74) is 2.76. The Bertz CT molecular complexity index is 671. The van der Waals surface area contributed by atoms with Crippen molar-refractivity contribution in [2.24, 2.45) is 0 Å². The molecule has 2 aromatic carbocycles. The van der Waals surface area contributed by atoms with Crippen LogP contribution in [0.15, 0.2) is 36.4 Å². The van der Waals surface area contributed by atoms with Gasteiger partial charge < -0.3 is 15.2 Å². The van der Waals surface area contributed by atoms with Crippen LogP contribution in [0.4, 0.5) is 5.69 Å². The molecule has 110 valence electrons. The first kappa shape index (κ1) is 15.2. The van der Waals surface area contributed by atoms with E-state index in [1.807, 2.05) is 19.1 Å². The van der Waals surface area contributed by atoms with Crippen molar-refractivity contribution >= 4 is 23.3 Å². The minimum Gasteiger partial charge on any atom is -0.508 e. The number of carbonyl (C=O) groups is 1. The number of anilines is 1. The number of halogens is 1. The molecule has 21 heavy (non-hydrogen) atoms. The molecule has 4 nitrogen and oxygen atoms in total. The third-order valence-corrected chi connectivity index (χ3v) is 3.33. The van der Waals surface area contributed by atoms with Crippen molar-refractivity contribution in [2.75, 3.05) is 12.4 Å². The van der Waals surface area contributed by atoms with E-state index in [1.54, 1.807) is 24.3 Å². The number of ether oxygens (including phenoxy) is 1. The molecule has 0 aromatic heterocycles. The van der Waals surface area contributed by atoms with Crippen LogP contribution in [0.1, 0.15) is 21.5 Å². The summed E-state index contributed by atoms with van der Waals surface area (Å²) in [6.07, 6.45) is 0. The molecular weight excluding hydrogens is 290 g/mol. The summed E-state index contributed by atoms with van der Waals surface area (Å²) >= 11 is 5.91. The Kier molecular flexibility index (Phi) is 4.70. The number of hydrogen-bond donors (Lipinski definition) is 2. The molecule has 2 aromatic rings. The Labute approximate surface area is 128 Å². The Morgan fingerprint density at radius 2 is 2.05 bits per heavy atom. The largest absolute Gasteiger partial charge is 0.508 e. The van der Waals surface area contributed by atoms with Gasteiger partial charge in [0.1, 0.15) is 5.75 Å². The second kappa shape index (κ2) is 6.50. The smallest absolute Gasteiger partial charge is 0.340 e. The van der Waals surface area contributed by atoms with Crippen molar-refractivity contribution in [3.8, 4) is 5.75 Å². The number of benzene rings is 2. The molecule has 0 saturated carbocycles. The maximum Gasteiger partial charge on any atom is 0.340 e. The van der Waals surface area contributed by atoms with Crippen molar-refractivity contribution in [1.29, 1.82) is 0 Å². The van der Waals surface area contributed by atoms with Gasteiger partial charge in [-0.05, 0) is 31.2 Å². The molecule has 0 unspecified atom stereocenters. The Morgan fingerprint density at radius 3 is 2.76 bits per heavy atom. The summed E-state index contributed by atoms with van der Waals surface area (Å²) in [5.74, 6) is -0.254. The SMILES string of the molecule is COC(=O)c1cc(Cl)ccc1NCc1cc(C)ccc1O. The minimum atomic E-state index is -0.464. The number of carbonyl (C=O) groups excluding carboxylic acids is 1. The highest BCUT2D eigenvalue weighted by Crippen LogP contribution is 2.24. The van der Waals surface area contributed by atoms with Gasteiger partial charge in [-0.2, -0.15) is 0 Å². The first-order chi connectivity index (χ1) is 10.0. The number of rotatable bonds is 4. The molecule has 0 aliphatic rings. The number of aromatic hydroxyl groups is 1. The third-order valence-electron chi connectivity index (χ3n) is 3.09. The zero-order valence-corrected chi connectivity index (χ0v) is 12.6. The molecule has 0 radical (unpaired) electrons. The molecule has 0 saturated heterocycles. The zero-order chi connectivity index (χ0) is 15.4. The first-order valence-corrected chi connectivity index (χ1v) is 6.79. The number of esters is 1. The lowest BCUT2D eigenvalue weighted by Crippen LogP contribution is -2.08. The first-order valence-electron chi connectivity index (χ1n) is 6.41. The monoisotopic (exact) mass is 305 g/mol. The maximum absolute atomic E-state index is 11.7. The number of aryl methyl sites for hydroxylation is 1. The maximum atomic E-state index is 11.7. The summed E-state index contributed by atoms with van der Waals surface area (Å²) in [5, 5.41) is 13.4. The summed E-state index contributed by atoms with van der Waals surface area (Å²) < 4.78 is 4.74. The summed E-state index contributed by atoms with van der Waals surface area (Å²) in [4.78, 5) is 11.7. The molecular formula is C16H16ClNO3. The van der Waals surface area contributed by atoms with Crippen molar-refractivity contribution in [2.45, 2.75) is 13.5 Å². The van der Waals surface area contributed by atoms with E-state index in [0.717, 1.165) is 11.1 Å². The highest BCUT2D eigenvalue weighted by Gasteiger charge is 2.13. The lowest BCUT2D eigenvalue weighted by atomic mass is 10.1. The average Bonchev–Trinajstić information content (AvgIpc) is 2.48. The third kappa shape index (κ3) is 3.67. The number of methoxy groups -OCH3 is 1. The fraction of sp³-hybridized carbons (Fsp3) is 0.188. The van der Waals surface area contributed by atoms with Crippen molar-refractivity contribution in [3.05, 3.63) is 58.1 Å². The molecule has 0 fully saturated rings. The number of phenols is 1. The number of hydrogen-bond acceptors (Lipinski definition) is 4. The Morgan fingerprint density at radius 1 is 1.29 bits per heavy atom. The number of nitrogens with one attached hydrogen (secondary N) is 1. The van der Waals surface area contributed by atoms with Crippen LogP contribution in [0.2, 0.25) is 5.02 Å². The van der Waals surface area contributed by atoms with Gasteiger partial charge in [-0.1, -0.05) is 29.3 Å². The van der Waals surface area contributed by atoms with Gasteiger partial charge in [-0.15, -0.1) is 0 Å². The van der Waals surface area contributed by atoms with Crippen molar-refractivity contribution < 1.29 is 14.6 Å². The molecule has 5 heteroatoms. The van der Waals surface area contributed by atoms with Crippen LogP contribution >= 0.6 is 11.6 Å². The van der Waals surface area contributed by atoms with Gasteiger partial charge in [0.15, 0.2) is 0 Å². The minimum absolute atomic E-state index is 0.210. The highest BCUT2D eigenvalue weighted by atomic mass is 35.5.